The maximum Gasteiger partial charge on any atom is 0.417 e. The summed E-state index contributed by atoms with van der Waals surface area (Å²) in [6, 6.07) is 2.50. The van der Waals surface area contributed by atoms with E-state index in [0.29, 0.717) is 12.5 Å². The molecule has 1 saturated heterocycles. The molecule has 0 saturated carbocycles. The maximum absolute atomic E-state index is 13.0. The van der Waals surface area contributed by atoms with Crippen LogP contribution in [-0.4, -0.2) is 62.9 Å². The minimum Gasteiger partial charge on any atom is -0.372 e. The number of ether oxygens (including phenoxy) is 1. The van der Waals surface area contributed by atoms with E-state index in [1.807, 2.05) is 0 Å². The Balaban J connectivity index is 2.17. The van der Waals surface area contributed by atoms with E-state index in [-0.39, 0.29) is 32.1 Å². The number of methoxy groups -OCH3 is 1. The number of carbonyl (C=O) groups excluding carboxylic acids is 1. The number of halogens is 4. The lowest BCUT2D eigenvalue weighted by molar-refractivity contribution is -0.143. The zero-order chi connectivity index (χ0) is 20.4. The van der Waals surface area contributed by atoms with E-state index in [2.05, 4.69) is 0 Å². The van der Waals surface area contributed by atoms with E-state index in [1.54, 1.807) is 6.92 Å². The average Bonchev–Trinajstić information content (AvgIpc) is 2.62. The predicted octanol–water partition coefficient (Wildman–Crippen LogP) is 2.62. The zero-order valence-electron chi connectivity index (χ0n) is 14.8. The molecule has 1 atom stereocenters. The van der Waals surface area contributed by atoms with Crippen LogP contribution in [0.25, 0.3) is 0 Å². The zero-order valence-corrected chi connectivity index (χ0v) is 16.4. The Kier molecular flexibility index (Phi) is 6.77. The van der Waals surface area contributed by atoms with Gasteiger partial charge in [0.25, 0.3) is 5.91 Å². The van der Waals surface area contributed by atoms with Crippen LogP contribution in [0.2, 0.25) is 5.02 Å². The minimum atomic E-state index is -4.76. The summed E-state index contributed by atoms with van der Waals surface area (Å²) < 4.78 is 70.5. The van der Waals surface area contributed by atoms with Crippen molar-refractivity contribution in [2.24, 2.45) is 0 Å². The van der Waals surface area contributed by atoms with E-state index in [1.165, 1.54) is 12.0 Å². The summed E-state index contributed by atoms with van der Waals surface area (Å²) in [5.74, 6) is -0.233. The summed E-state index contributed by atoms with van der Waals surface area (Å²) in [5, 5.41) is -0.568. The van der Waals surface area contributed by atoms with Gasteiger partial charge in [-0.05, 0) is 24.6 Å². The molecule has 0 N–H and O–H groups in total. The van der Waals surface area contributed by atoms with Crippen molar-refractivity contribution in [3.05, 3.63) is 28.8 Å². The Morgan fingerprint density at radius 3 is 2.33 bits per heavy atom. The number of piperazine rings is 1. The van der Waals surface area contributed by atoms with Crippen molar-refractivity contribution in [3.63, 3.8) is 0 Å². The Labute approximate surface area is 160 Å². The minimum absolute atomic E-state index is 0.0157. The molecular weight excluding hydrogens is 409 g/mol. The Bertz CT molecular complexity index is 789. The van der Waals surface area contributed by atoms with Crippen LogP contribution in [0.3, 0.4) is 0 Å². The fourth-order valence-corrected chi connectivity index (χ4v) is 4.50. The lowest BCUT2D eigenvalue weighted by Crippen LogP contribution is -2.53. The van der Waals surface area contributed by atoms with Crippen molar-refractivity contribution in [3.8, 4) is 0 Å². The third-order valence-corrected chi connectivity index (χ3v) is 6.59. The van der Waals surface area contributed by atoms with Crippen LogP contribution < -0.4 is 0 Å². The van der Waals surface area contributed by atoms with Crippen molar-refractivity contribution in [2.75, 3.05) is 33.3 Å². The second-order valence-electron chi connectivity index (χ2n) is 6.00. The highest BCUT2D eigenvalue weighted by Crippen LogP contribution is 2.36. The molecule has 152 valence electrons. The van der Waals surface area contributed by atoms with Gasteiger partial charge >= 0.3 is 6.18 Å². The van der Waals surface area contributed by atoms with Crippen molar-refractivity contribution in [1.82, 2.24) is 9.21 Å². The molecule has 1 aromatic carbocycles. The summed E-state index contributed by atoms with van der Waals surface area (Å²) in [5.41, 5.74) is -1.20. The molecule has 1 aliphatic rings. The van der Waals surface area contributed by atoms with Crippen LogP contribution in [0.4, 0.5) is 13.2 Å². The summed E-state index contributed by atoms with van der Waals surface area (Å²) >= 11 is 5.54. The van der Waals surface area contributed by atoms with Crippen LogP contribution in [0.1, 0.15) is 18.9 Å². The van der Waals surface area contributed by atoms with Gasteiger partial charge in [0, 0.05) is 33.3 Å². The third-order valence-electron chi connectivity index (χ3n) is 4.36. The van der Waals surface area contributed by atoms with Gasteiger partial charge in [0.2, 0.25) is 10.0 Å². The smallest absolute Gasteiger partial charge is 0.372 e. The first kappa shape index (κ1) is 21.9. The second kappa shape index (κ2) is 8.34. The lowest BCUT2D eigenvalue weighted by atomic mass is 10.2. The summed E-state index contributed by atoms with van der Waals surface area (Å²) in [6.45, 7) is 2.04. The normalized spacial score (nSPS) is 17.8. The van der Waals surface area contributed by atoms with E-state index in [0.717, 1.165) is 16.4 Å². The van der Waals surface area contributed by atoms with E-state index < -0.39 is 37.8 Å². The molecule has 0 bridgehead atoms. The quantitative estimate of drug-likeness (QED) is 0.723. The number of rotatable bonds is 5. The molecule has 1 aliphatic heterocycles. The van der Waals surface area contributed by atoms with Gasteiger partial charge in [0.15, 0.2) is 0 Å². The van der Waals surface area contributed by atoms with Gasteiger partial charge in [0.05, 0.1) is 15.5 Å². The van der Waals surface area contributed by atoms with E-state index >= 15 is 0 Å². The number of hydrogen-bond acceptors (Lipinski definition) is 4. The molecule has 27 heavy (non-hydrogen) atoms. The van der Waals surface area contributed by atoms with Crippen LogP contribution in [-0.2, 0) is 25.7 Å². The van der Waals surface area contributed by atoms with Crippen molar-refractivity contribution < 1.29 is 31.1 Å². The number of alkyl halides is 3. The summed E-state index contributed by atoms with van der Waals surface area (Å²) in [7, 11) is -2.71. The lowest BCUT2D eigenvalue weighted by Gasteiger charge is -2.35. The number of sulfonamides is 1. The maximum atomic E-state index is 13.0. The van der Waals surface area contributed by atoms with Gasteiger partial charge in [-0.2, -0.15) is 17.5 Å². The number of hydrogen-bond donors (Lipinski definition) is 0. The molecule has 2 rings (SSSR count). The predicted molar refractivity (Wildman–Crippen MR) is 92.9 cm³/mol. The molecule has 1 fully saturated rings. The molecule has 6 nitrogen and oxygen atoms in total. The van der Waals surface area contributed by atoms with Crippen molar-refractivity contribution in [2.45, 2.75) is 30.5 Å². The molecule has 1 amide bonds. The van der Waals surface area contributed by atoms with E-state index in [4.69, 9.17) is 16.3 Å². The Morgan fingerprint density at radius 1 is 1.26 bits per heavy atom. The van der Waals surface area contributed by atoms with Crippen LogP contribution in [0.15, 0.2) is 23.1 Å². The fourth-order valence-electron chi connectivity index (χ4n) is 2.83. The number of benzene rings is 1. The van der Waals surface area contributed by atoms with Gasteiger partial charge in [-0.15, -0.1) is 0 Å². The third kappa shape index (κ3) is 4.74. The number of amides is 1. The average molecular weight is 429 g/mol. The number of nitrogens with zero attached hydrogens (tertiary/aromatic N) is 2. The molecule has 1 aromatic rings. The van der Waals surface area contributed by atoms with Crippen LogP contribution >= 0.6 is 11.6 Å². The molecule has 0 aliphatic carbocycles. The van der Waals surface area contributed by atoms with Crippen molar-refractivity contribution >= 4 is 27.5 Å². The molecule has 0 radical (unpaired) electrons. The van der Waals surface area contributed by atoms with Gasteiger partial charge < -0.3 is 9.64 Å². The summed E-state index contributed by atoms with van der Waals surface area (Å²) in [6.07, 6.45) is -4.87. The van der Waals surface area contributed by atoms with Gasteiger partial charge in [0.1, 0.15) is 6.10 Å². The molecule has 1 heterocycles. The second-order valence-corrected chi connectivity index (χ2v) is 8.35. The molecule has 0 aromatic heterocycles. The summed E-state index contributed by atoms with van der Waals surface area (Å²) in [4.78, 5) is 13.3. The standard InChI is InChI=1S/C16H20ClF3N2O4S/c1-3-14(26-2)15(23)21-6-8-22(9-7-21)27(24,25)11-4-5-13(17)12(10-11)16(18,19)20/h4-5,10,14H,3,6-9H2,1-2H3. The van der Waals surface area contributed by atoms with Crippen LogP contribution in [0, 0.1) is 0 Å². The molecule has 0 spiro atoms. The molecular formula is C16H20ClF3N2O4S. The number of carbonyl (C=O) groups is 1. The van der Waals surface area contributed by atoms with Gasteiger partial charge in [-0.1, -0.05) is 18.5 Å². The monoisotopic (exact) mass is 428 g/mol. The Hall–Kier alpha value is -1.36. The van der Waals surface area contributed by atoms with E-state index in [9.17, 15) is 26.4 Å². The largest absolute Gasteiger partial charge is 0.417 e. The first-order valence-corrected chi connectivity index (χ1v) is 10.0. The van der Waals surface area contributed by atoms with Gasteiger partial charge in [-0.3, -0.25) is 4.79 Å². The van der Waals surface area contributed by atoms with Crippen LogP contribution in [0.5, 0.6) is 0 Å². The highest BCUT2D eigenvalue weighted by Gasteiger charge is 2.36. The first-order valence-electron chi connectivity index (χ1n) is 8.20. The van der Waals surface area contributed by atoms with Crippen molar-refractivity contribution in [1.29, 1.82) is 0 Å². The molecule has 11 heteroatoms. The molecule has 1 unspecified atom stereocenters. The highest BCUT2D eigenvalue weighted by molar-refractivity contribution is 7.89. The Morgan fingerprint density at radius 2 is 1.85 bits per heavy atom. The highest BCUT2D eigenvalue weighted by atomic mass is 35.5. The fraction of sp³-hybridized carbons (Fsp3) is 0.562. The SMILES string of the molecule is CCC(OC)C(=O)N1CCN(S(=O)(=O)c2ccc(Cl)c(C(F)(F)F)c2)CC1. The van der Waals surface area contributed by atoms with Gasteiger partial charge in [-0.25, -0.2) is 8.42 Å². The first-order chi connectivity index (χ1) is 12.5. The topological polar surface area (TPSA) is 66.9 Å².